The van der Waals surface area contributed by atoms with Gasteiger partial charge in [-0.15, -0.1) is 6.58 Å². The highest BCUT2D eigenvalue weighted by atomic mass is 16.5. The van der Waals surface area contributed by atoms with Gasteiger partial charge < -0.3 is 19.9 Å². The third kappa shape index (κ3) is 5.82. The Kier molecular flexibility index (Phi) is 8.00. The van der Waals surface area contributed by atoms with Crippen molar-refractivity contribution in [1.82, 2.24) is 14.9 Å². The average Bonchev–Trinajstić information content (AvgIpc) is 2.78. The molecule has 2 aromatic rings. The number of methoxy groups -OCH3 is 1. The van der Waals surface area contributed by atoms with Crippen LogP contribution in [0.2, 0.25) is 0 Å². The summed E-state index contributed by atoms with van der Waals surface area (Å²) in [5.41, 5.74) is 4.33. The second-order valence-corrected chi connectivity index (χ2v) is 7.83. The van der Waals surface area contributed by atoms with Crippen LogP contribution in [0.15, 0.2) is 41.9 Å². The Morgan fingerprint density at radius 3 is 2.71 bits per heavy atom. The minimum Gasteiger partial charge on any atom is -0.497 e. The topological polar surface area (TPSA) is 65.9 Å². The van der Waals surface area contributed by atoms with Crippen LogP contribution in [0.5, 0.6) is 5.75 Å². The maximum atomic E-state index is 5.28. The molecule has 0 fully saturated rings. The summed E-state index contributed by atoms with van der Waals surface area (Å²) in [5, 5.41) is 3.40. The van der Waals surface area contributed by atoms with Crippen LogP contribution in [0, 0.1) is 6.92 Å². The largest absolute Gasteiger partial charge is 0.497 e. The quantitative estimate of drug-likeness (QED) is 0.591. The Morgan fingerprint density at radius 2 is 2.03 bits per heavy atom. The molecule has 3 rings (SSSR count). The van der Waals surface area contributed by atoms with Gasteiger partial charge in [0.05, 0.1) is 18.4 Å². The number of rotatable bonds is 10. The number of nitrogens with zero attached hydrogens (tertiary/aromatic N) is 5. The lowest BCUT2D eigenvalue weighted by molar-refractivity contribution is 0.354. The fourth-order valence-corrected chi connectivity index (χ4v) is 3.79. The van der Waals surface area contributed by atoms with Crippen molar-refractivity contribution >= 4 is 17.5 Å². The molecule has 0 amide bonds. The van der Waals surface area contributed by atoms with E-state index in [-0.39, 0.29) is 0 Å². The number of aliphatic imine (C=N–C) groups is 1. The molecule has 166 valence electrons. The van der Waals surface area contributed by atoms with E-state index in [0.717, 1.165) is 74.1 Å². The summed E-state index contributed by atoms with van der Waals surface area (Å²) in [6, 6.07) is 8.21. The summed E-state index contributed by atoms with van der Waals surface area (Å²) in [6.07, 6.45) is 3.83. The highest BCUT2D eigenvalue weighted by Gasteiger charge is 2.26. The zero-order valence-electron chi connectivity index (χ0n) is 19.2. The maximum absolute atomic E-state index is 5.28. The number of fused-ring (bicyclic) bond motifs is 1. The van der Waals surface area contributed by atoms with Gasteiger partial charge >= 0.3 is 0 Å². The van der Waals surface area contributed by atoms with Crippen molar-refractivity contribution in [3.63, 3.8) is 0 Å². The van der Waals surface area contributed by atoms with Gasteiger partial charge in [0.1, 0.15) is 11.6 Å². The van der Waals surface area contributed by atoms with Gasteiger partial charge in [-0.2, -0.15) is 4.98 Å². The first-order valence-electron chi connectivity index (χ1n) is 10.8. The van der Waals surface area contributed by atoms with Crippen molar-refractivity contribution in [2.24, 2.45) is 4.99 Å². The summed E-state index contributed by atoms with van der Waals surface area (Å²) >= 11 is 0. The van der Waals surface area contributed by atoms with Gasteiger partial charge in [-0.3, -0.25) is 4.99 Å². The number of hydrogen-bond acceptors (Lipinski definition) is 7. The van der Waals surface area contributed by atoms with Crippen LogP contribution >= 0.6 is 0 Å². The van der Waals surface area contributed by atoms with Crippen molar-refractivity contribution in [3.05, 3.63) is 53.7 Å². The molecule has 1 aliphatic rings. The summed E-state index contributed by atoms with van der Waals surface area (Å²) in [6.45, 7) is 10.2. The summed E-state index contributed by atoms with van der Waals surface area (Å²) < 4.78 is 5.28. The summed E-state index contributed by atoms with van der Waals surface area (Å²) in [7, 11) is 5.65. The lowest BCUT2D eigenvalue weighted by Crippen LogP contribution is -2.34. The monoisotopic (exact) mass is 422 g/mol. The number of aromatic nitrogens is 2. The van der Waals surface area contributed by atoms with Crippen LogP contribution in [0.3, 0.4) is 0 Å². The van der Waals surface area contributed by atoms with E-state index in [2.05, 4.69) is 45.9 Å². The minimum absolute atomic E-state index is 0.672. The number of aryl methyl sites for hydroxylation is 1. The number of anilines is 2. The first kappa shape index (κ1) is 22.7. The highest BCUT2D eigenvalue weighted by molar-refractivity contribution is 6.07. The van der Waals surface area contributed by atoms with Crippen LogP contribution in [0.1, 0.15) is 29.7 Å². The van der Waals surface area contributed by atoms with Crippen LogP contribution in [-0.2, 0) is 6.54 Å². The Morgan fingerprint density at radius 1 is 1.26 bits per heavy atom. The van der Waals surface area contributed by atoms with Gasteiger partial charge in [-0.05, 0) is 38.1 Å². The lowest BCUT2D eigenvalue weighted by atomic mass is 10.0. The van der Waals surface area contributed by atoms with Crippen molar-refractivity contribution in [3.8, 4) is 5.75 Å². The third-order valence-electron chi connectivity index (χ3n) is 5.57. The predicted molar refractivity (Wildman–Crippen MR) is 129 cm³/mol. The smallest absolute Gasteiger partial charge is 0.224 e. The van der Waals surface area contributed by atoms with Gasteiger partial charge in [0.2, 0.25) is 5.95 Å². The van der Waals surface area contributed by atoms with Crippen LogP contribution in [0.25, 0.3) is 0 Å². The zero-order valence-corrected chi connectivity index (χ0v) is 19.2. The van der Waals surface area contributed by atoms with E-state index < -0.39 is 0 Å². The Balaban J connectivity index is 1.78. The standard InChI is InChI=1S/C24H34N6O/c1-6-7-14-29(4)16-13-26-24-27-18(2)22-21(25-3)12-15-30(23(22)28-24)17-19-8-10-20(31-5)11-9-19/h6,8-11H,1,7,12-17H2,2-5H3,(H,26,27,28). The Labute approximate surface area is 185 Å². The van der Waals surface area contributed by atoms with Gasteiger partial charge in [0, 0.05) is 51.9 Å². The normalized spacial score (nSPS) is 14.6. The highest BCUT2D eigenvalue weighted by Crippen LogP contribution is 2.30. The van der Waals surface area contributed by atoms with Crippen LogP contribution in [0.4, 0.5) is 11.8 Å². The molecule has 1 aromatic heterocycles. The fraction of sp³-hybridized carbons (Fsp3) is 0.458. The van der Waals surface area contributed by atoms with E-state index in [1.165, 1.54) is 5.56 Å². The number of nitrogens with one attached hydrogen (secondary N) is 1. The summed E-state index contributed by atoms with van der Waals surface area (Å²) in [5.74, 6) is 2.49. The SMILES string of the molecule is C=CCCN(C)CCNc1nc(C)c2c(n1)N(Cc1ccc(OC)cc1)CCC2=NC. The van der Waals surface area contributed by atoms with Crippen LogP contribution in [-0.4, -0.2) is 68.0 Å². The molecule has 7 heteroatoms. The molecule has 0 aliphatic carbocycles. The molecule has 0 bridgehead atoms. The second-order valence-electron chi connectivity index (χ2n) is 7.83. The number of hydrogen-bond donors (Lipinski definition) is 1. The molecule has 0 saturated carbocycles. The molecular weight excluding hydrogens is 388 g/mol. The molecule has 1 aromatic carbocycles. The molecular formula is C24H34N6O. The third-order valence-corrected chi connectivity index (χ3v) is 5.57. The van der Waals surface area contributed by atoms with E-state index >= 15 is 0 Å². The molecule has 2 heterocycles. The van der Waals surface area contributed by atoms with Gasteiger partial charge in [0.25, 0.3) is 0 Å². The first-order valence-corrected chi connectivity index (χ1v) is 10.8. The number of benzene rings is 1. The van der Waals surface area contributed by atoms with Crippen LogP contribution < -0.4 is 15.0 Å². The molecule has 0 atom stereocenters. The van der Waals surface area contributed by atoms with Crippen molar-refractivity contribution in [2.45, 2.75) is 26.3 Å². The number of ether oxygens (including phenoxy) is 1. The summed E-state index contributed by atoms with van der Waals surface area (Å²) in [4.78, 5) is 18.7. The molecule has 0 unspecified atom stereocenters. The van der Waals surface area contributed by atoms with Crippen molar-refractivity contribution < 1.29 is 4.74 Å². The Bertz CT molecular complexity index is 909. The van der Waals surface area contributed by atoms with Gasteiger partial charge in [-0.1, -0.05) is 18.2 Å². The first-order chi connectivity index (χ1) is 15.0. The van der Waals surface area contributed by atoms with E-state index in [9.17, 15) is 0 Å². The molecule has 0 saturated heterocycles. The van der Waals surface area contributed by atoms with Crippen molar-refractivity contribution in [1.29, 1.82) is 0 Å². The molecule has 31 heavy (non-hydrogen) atoms. The van der Waals surface area contributed by atoms with E-state index in [0.29, 0.717) is 5.95 Å². The molecule has 7 nitrogen and oxygen atoms in total. The zero-order chi connectivity index (χ0) is 22.2. The second kappa shape index (κ2) is 10.9. The number of likely N-dealkylation sites (N-methyl/N-ethyl adjacent to an activating group) is 1. The Hall–Kier alpha value is -2.93. The lowest BCUT2D eigenvalue weighted by Gasteiger charge is -2.32. The molecule has 1 aliphatic heterocycles. The van der Waals surface area contributed by atoms with E-state index in [1.807, 2.05) is 32.2 Å². The fourth-order valence-electron chi connectivity index (χ4n) is 3.79. The average molecular weight is 423 g/mol. The van der Waals surface area contributed by atoms with E-state index in [1.54, 1.807) is 7.11 Å². The molecule has 0 radical (unpaired) electrons. The molecule has 1 N–H and O–H groups in total. The van der Waals surface area contributed by atoms with Gasteiger partial charge in [-0.25, -0.2) is 4.98 Å². The predicted octanol–water partition coefficient (Wildman–Crippen LogP) is 3.54. The van der Waals surface area contributed by atoms with Crippen molar-refractivity contribution in [2.75, 3.05) is 57.6 Å². The minimum atomic E-state index is 0.672. The van der Waals surface area contributed by atoms with Gasteiger partial charge in [0.15, 0.2) is 0 Å². The van der Waals surface area contributed by atoms with E-state index in [4.69, 9.17) is 14.7 Å². The molecule has 0 spiro atoms. The maximum Gasteiger partial charge on any atom is 0.224 e.